The van der Waals surface area contributed by atoms with E-state index in [0.717, 1.165) is 5.56 Å². The number of benzene rings is 1. The predicted octanol–water partition coefficient (Wildman–Crippen LogP) is 3.14. The first kappa shape index (κ1) is 14.5. The number of rotatable bonds is 5. The molecule has 0 aliphatic carbocycles. The van der Waals surface area contributed by atoms with Gasteiger partial charge in [0.15, 0.2) is 0 Å². The van der Waals surface area contributed by atoms with Crippen LogP contribution in [0.1, 0.15) is 12.0 Å². The van der Waals surface area contributed by atoms with E-state index in [0.29, 0.717) is 5.69 Å². The van der Waals surface area contributed by atoms with Gasteiger partial charge in [-0.05, 0) is 17.7 Å². The van der Waals surface area contributed by atoms with Gasteiger partial charge >= 0.3 is 6.09 Å². The van der Waals surface area contributed by atoms with E-state index in [1.54, 1.807) is 24.5 Å². The number of amides is 1. The second kappa shape index (κ2) is 7.65. The standard InChI is InChI=1S/C16H15N3O2/c17-9-5-11-19(15-8-4-10-18-12-15)16(20)21-13-14-6-2-1-3-7-14/h1-4,6-8,10,12H,5,11,13H2. The van der Waals surface area contributed by atoms with Gasteiger partial charge in [-0.15, -0.1) is 0 Å². The molecule has 0 N–H and O–H groups in total. The van der Waals surface area contributed by atoms with Crippen molar-refractivity contribution in [2.24, 2.45) is 0 Å². The van der Waals surface area contributed by atoms with E-state index in [9.17, 15) is 4.79 Å². The Balaban J connectivity index is 2.03. The van der Waals surface area contributed by atoms with Crippen LogP contribution in [0.5, 0.6) is 0 Å². The van der Waals surface area contributed by atoms with Crippen LogP contribution in [0, 0.1) is 11.3 Å². The molecule has 1 heterocycles. The minimum Gasteiger partial charge on any atom is -0.444 e. The number of anilines is 1. The van der Waals surface area contributed by atoms with Crippen LogP contribution >= 0.6 is 0 Å². The van der Waals surface area contributed by atoms with E-state index in [1.807, 2.05) is 36.4 Å². The topological polar surface area (TPSA) is 66.2 Å². The van der Waals surface area contributed by atoms with E-state index in [2.05, 4.69) is 4.98 Å². The lowest BCUT2D eigenvalue weighted by molar-refractivity contribution is 0.147. The van der Waals surface area contributed by atoms with Crippen molar-refractivity contribution in [2.45, 2.75) is 13.0 Å². The molecule has 0 aliphatic heterocycles. The predicted molar refractivity (Wildman–Crippen MR) is 78.4 cm³/mol. The summed E-state index contributed by atoms with van der Waals surface area (Å²) in [5.41, 5.74) is 1.53. The van der Waals surface area contributed by atoms with Gasteiger partial charge in [0.1, 0.15) is 6.61 Å². The smallest absolute Gasteiger partial charge is 0.414 e. The summed E-state index contributed by atoms with van der Waals surface area (Å²) >= 11 is 0. The van der Waals surface area contributed by atoms with Crippen LogP contribution < -0.4 is 4.90 Å². The first-order valence-corrected chi connectivity index (χ1v) is 6.56. The molecule has 0 radical (unpaired) electrons. The maximum Gasteiger partial charge on any atom is 0.414 e. The maximum atomic E-state index is 12.2. The van der Waals surface area contributed by atoms with Crippen LogP contribution in [0.25, 0.3) is 0 Å². The van der Waals surface area contributed by atoms with E-state index < -0.39 is 6.09 Å². The summed E-state index contributed by atoms with van der Waals surface area (Å²) in [4.78, 5) is 17.6. The van der Waals surface area contributed by atoms with Crippen LogP contribution in [-0.4, -0.2) is 17.6 Å². The lowest BCUT2D eigenvalue weighted by atomic mass is 10.2. The number of carbonyl (C=O) groups excluding carboxylic acids is 1. The highest BCUT2D eigenvalue weighted by Crippen LogP contribution is 2.14. The first-order valence-electron chi connectivity index (χ1n) is 6.56. The monoisotopic (exact) mass is 281 g/mol. The summed E-state index contributed by atoms with van der Waals surface area (Å²) < 4.78 is 5.29. The molecule has 2 aromatic rings. The fourth-order valence-corrected chi connectivity index (χ4v) is 1.80. The molecule has 1 aromatic heterocycles. The van der Waals surface area contributed by atoms with Crippen molar-refractivity contribution in [1.82, 2.24) is 4.98 Å². The second-order valence-corrected chi connectivity index (χ2v) is 4.31. The van der Waals surface area contributed by atoms with Crippen LogP contribution in [0.4, 0.5) is 10.5 Å². The van der Waals surface area contributed by atoms with Crippen molar-refractivity contribution < 1.29 is 9.53 Å². The van der Waals surface area contributed by atoms with Gasteiger partial charge in [0, 0.05) is 12.7 Å². The molecule has 0 unspecified atom stereocenters. The van der Waals surface area contributed by atoms with Crippen LogP contribution in [0.15, 0.2) is 54.9 Å². The van der Waals surface area contributed by atoms with Crippen molar-refractivity contribution in [3.63, 3.8) is 0 Å². The van der Waals surface area contributed by atoms with Gasteiger partial charge < -0.3 is 4.74 Å². The van der Waals surface area contributed by atoms with E-state index >= 15 is 0 Å². The van der Waals surface area contributed by atoms with Crippen molar-refractivity contribution >= 4 is 11.8 Å². The van der Waals surface area contributed by atoms with Gasteiger partial charge in [0.05, 0.1) is 24.4 Å². The molecule has 2 rings (SSSR count). The number of hydrogen-bond acceptors (Lipinski definition) is 4. The van der Waals surface area contributed by atoms with E-state index in [4.69, 9.17) is 10.00 Å². The summed E-state index contributed by atoms with van der Waals surface area (Å²) in [7, 11) is 0. The number of aromatic nitrogens is 1. The van der Waals surface area contributed by atoms with Gasteiger partial charge in [-0.25, -0.2) is 4.79 Å². The zero-order valence-corrected chi connectivity index (χ0v) is 11.5. The third-order valence-corrected chi connectivity index (χ3v) is 2.83. The van der Waals surface area contributed by atoms with Crippen LogP contribution in [0.3, 0.4) is 0 Å². The van der Waals surface area contributed by atoms with Crippen molar-refractivity contribution in [1.29, 1.82) is 5.26 Å². The molecule has 106 valence electrons. The highest BCUT2D eigenvalue weighted by Gasteiger charge is 2.17. The fourth-order valence-electron chi connectivity index (χ4n) is 1.80. The molecular formula is C16H15N3O2. The quantitative estimate of drug-likeness (QED) is 0.844. The average Bonchev–Trinajstić information content (AvgIpc) is 2.55. The molecule has 0 spiro atoms. The molecule has 1 aromatic carbocycles. The number of carbonyl (C=O) groups is 1. The molecule has 5 heteroatoms. The van der Waals surface area contributed by atoms with Gasteiger partial charge in [0.25, 0.3) is 0 Å². The van der Waals surface area contributed by atoms with Crippen molar-refractivity contribution in [3.8, 4) is 6.07 Å². The second-order valence-electron chi connectivity index (χ2n) is 4.31. The number of nitriles is 1. The van der Waals surface area contributed by atoms with Crippen molar-refractivity contribution in [3.05, 3.63) is 60.4 Å². The molecule has 1 amide bonds. The third-order valence-electron chi connectivity index (χ3n) is 2.83. The Morgan fingerprint density at radius 2 is 2.05 bits per heavy atom. The van der Waals surface area contributed by atoms with Gasteiger partial charge in [-0.2, -0.15) is 5.26 Å². The minimum absolute atomic E-state index is 0.197. The Morgan fingerprint density at radius 3 is 2.71 bits per heavy atom. The maximum absolute atomic E-state index is 12.2. The molecule has 0 saturated carbocycles. The fraction of sp³-hybridized carbons (Fsp3) is 0.188. The highest BCUT2D eigenvalue weighted by molar-refractivity contribution is 5.87. The highest BCUT2D eigenvalue weighted by atomic mass is 16.6. The minimum atomic E-state index is -0.484. The molecule has 0 saturated heterocycles. The lowest BCUT2D eigenvalue weighted by Crippen LogP contribution is -2.32. The third kappa shape index (κ3) is 4.32. The van der Waals surface area contributed by atoms with Gasteiger partial charge in [0.2, 0.25) is 0 Å². The summed E-state index contributed by atoms with van der Waals surface area (Å²) in [5, 5.41) is 8.71. The average molecular weight is 281 g/mol. The zero-order valence-electron chi connectivity index (χ0n) is 11.5. The molecule has 5 nitrogen and oxygen atoms in total. The Morgan fingerprint density at radius 1 is 1.24 bits per heavy atom. The van der Waals surface area contributed by atoms with Crippen molar-refractivity contribution in [2.75, 3.05) is 11.4 Å². The molecule has 0 atom stereocenters. The largest absolute Gasteiger partial charge is 0.444 e. The van der Waals surface area contributed by atoms with E-state index in [1.165, 1.54) is 4.90 Å². The molecule has 0 bridgehead atoms. The summed E-state index contributed by atoms with van der Waals surface area (Å²) in [6, 6.07) is 15.0. The number of nitrogens with zero attached hydrogens (tertiary/aromatic N) is 3. The zero-order chi connectivity index (χ0) is 14.9. The van der Waals surface area contributed by atoms with Crippen LogP contribution in [-0.2, 0) is 11.3 Å². The van der Waals surface area contributed by atoms with Gasteiger partial charge in [-0.3, -0.25) is 9.88 Å². The molecule has 0 fully saturated rings. The van der Waals surface area contributed by atoms with Crippen LogP contribution in [0.2, 0.25) is 0 Å². The molecule has 0 aliphatic rings. The lowest BCUT2D eigenvalue weighted by Gasteiger charge is -2.20. The summed E-state index contributed by atoms with van der Waals surface area (Å²) in [6.45, 7) is 0.471. The number of hydrogen-bond donors (Lipinski definition) is 0. The van der Waals surface area contributed by atoms with E-state index in [-0.39, 0.29) is 19.6 Å². The Hall–Kier alpha value is -2.87. The Labute approximate surface area is 123 Å². The Kier molecular flexibility index (Phi) is 5.30. The Bertz CT molecular complexity index is 608. The number of ether oxygens (including phenoxy) is 1. The summed E-state index contributed by atoms with van der Waals surface area (Å²) in [5.74, 6) is 0. The van der Waals surface area contributed by atoms with Gasteiger partial charge in [-0.1, -0.05) is 30.3 Å². The molecule has 21 heavy (non-hydrogen) atoms. The SMILES string of the molecule is N#CCCN(C(=O)OCc1ccccc1)c1cccnc1. The summed E-state index contributed by atoms with van der Waals surface area (Å²) in [6.07, 6.45) is 2.94. The number of pyridine rings is 1. The first-order chi connectivity index (χ1) is 10.3. The molecular weight excluding hydrogens is 266 g/mol. The normalized spacial score (nSPS) is 9.67.